The second kappa shape index (κ2) is 4.00. The third-order valence-corrected chi connectivity index (χ3v) is 1.97. The predicted octanol–water partition coefficient (Wildman–Crippen LogP) is 2.45. The van der Waals surface area contributed by atoms with Crippen molar-refractivity contribution in [1.29, 1.82) is 0 Å². The quantitative estimate of drug-likeness (QED) is 0.672. The van der Waals surface area contributed by atoms with E-state index >= 15 is 0 Å². The van der Waals surface area contributed by atoms with E-state index in [2.05, 4.69) is 18.7 Å². The highest BCUT2D eigenvalue weighted by Crippen LogP contribution is 2.17. The second-order valence-corrected chi connectivity index (χ2v) is 2.72. The van der Waals surface area contributed by atoms with Crippen molar-refractivity contribution >= 4 is 11.4 Å². The first-order valence-electron chi connectivity index (χ1n) is 4.34. The molecule has 1 radical (unpaired) electrons. The van der Waals surface area contributed by atoms with Gasteiger partial charge in [0, 0.05) is 18.8 Å². The lowest BCUT2D eigenvalue weighted by Gasteiger charge is -2.20. The summed E-state index contributed by atoms with van der Waals surface area (Å²) in [7, 11) is 0. The van der Waals surface area contributed by atoms with Gasteiger partial charge < -0.3 is 10.6 Å². The molecule has 2 nitrogen and oxygen atoms in total. The van der Waals surface area contributed by atoms with Crippen LogP contribution in [0.4, 0.5) is 11.4 Å². The highest BCUT2D eigenvalue weighted by Gasteiger charge is 2.00. The molecule has 65 valence electrons. The molecule has 0 saturated heterocycles. The van der Waals surface area contributed by atoms with Crippen molar-refractivity contribution in [2.45, 2.75) is 13.8 Å². The van der Waals surface area contributed by atoms with Crippen LogP contribution >= 0.6 is 0 Å². The molecule has 0 bridgehead atoms. The molecule has 1 N–H and O–H groups in total. The summed E-state index contributed by atoms with van der Waals surface area (Å²) in [5, 5.41) is 0. The minimum atomic E-state index is 0.583. The topological polar surface area (TPSA) is 27.0 Å². The molecule has 0 unspecified atom stereocenters. The van der Waals surface area contributed by atoms with Gasteiger partial charge >= 0.3 is 0 Å². The maximum absolute atomic E-state index is 7.45. The van der Waals surface area contributed by atoms with E-state index in [0.29, 0.717) is 5.69 Å². The third-order valence-electron chi connectivity index (χ3n) is 1.97. The Morgan fingerprint density at radius 3 is 2.42 bits per heavy atom. The van der Waals surface area contributed by atoms with Gasteiger partial charge in [-0.1, -0.05) is 6.07 Å². The molecule has 0 aliphatic carbocycles. The minimum absolute atomic E-state index is 0.583. The van der Waals surface area contributed by atoms with Gasteiger partial charge in [-0.3, -0.25) is 0 Å². The van der Waals surface area contributed by atoms with E-state index in [1.165, 1.54) is 0 Å². The van der Waals surface area contributed by atoms with Gasteiger partial charge in [-0.25, -0.2) is 0 Å². The number of benzene rings is 1. The molecule has 0 spiro atoms. The van der Waals surface area contributed by atoms with Crippen LogP contribution in [-0.2, 0) is 0 Å². The molecular weight excluding hydrogens is 148 g/mol. The van der Waals surface area contributed by atoms with E-state index < -0.39 is 0 Å². The Kier molecular flexibility index (Phi) is 2.97. The van der Waals surface area contributed by atoms with Crippen LogP contribution in [0.5, 0.6) is 0 Å². The second-order valence-electron chi connectivity index (χ2n) is 2.72. The van der Waals surface area contributed by atoms with E-state index in [9.17, 15) is 0 Å². The average Bonchev–Trinajstić information content (AvgIpc) is 2.07. The van der Waals surface area contributed by atoms with Crippen molar-refractivity contribution in [3.05, 3.63) is 24.3 Å². The summed E-state index contributed by atoms with van der Waals surface area (Å²) < 4.78 is 0. The first kappa shape index (κ1) is 8.91. The molecule has 0 heterocycles. The molecule has 1 aromatic carbocycles. The lowest BCUT2D eigenvalue weighted by atomic mass is 10.2. The van der Waals surface area contributed by atoms with Crippen LogP contribution < -0.4 is 10.6 Å². The van der Waals surface area contributed by atoms with Crippen LogP contribution in [-0.4, -0.2) is 13.1 Å². The van der Waals surface area contributed by atoms with Crippen molar-refractivity contribution in [3.63, 3.8) is 0 Å². The lowest BCUT2D eigenvalue weighted by molar-refractivity contribution is 0.866. The number of hydrogen-bond donors (Lipinski definition) is 0. The summed E-state index contributed by atoms with van der Waals surface area (Å²) >= 11 is 0. The zero-order valence-electron chi connectivity index (χ0n) is 7.67. The van der Waals surface area contributed by atoms with Gasteiger partial charge in [-0.2, -0.15) is 0 Å². The number of nitrogens with one attached hydrogen (secondary N) is 1. The average molecular weight is 163 g/mol. The molecule has 0 amide bonds. The fourth-order valence-electron chi connectivity index (χ4n) is 1.29. The van der Waals surface area contributed by atoms with Gasteiger partial charge in [-0.05, 0) is 32.0 Å². The Balaban J connectivity index is 2.85. The molecule has 0 aromatic heterocycles. The molecule has 0 aliphatic heterocycles. The molecule has 2 heteroatoms. The Hall–Kier alpha value is -1.18. The highest BCUT2D eigenvalue weighted by atomic mass is 15.1. The van der Waals surface area contributed by atoms with Gasteiger partial charge in [0.05, 0.1) is 5.69 Å². The highest BCUT2D eigenvalue weighted by molar-refractivity contribution is 5.54. The maximum atomic E-state index is 7.45. The lowest BCUT2D eigenvalue weighted by Crippen LogP contribution is -2.21. The monoisotopic (exact) mass is 163 g/mol. The van der Waals surface area contributed by atoms with Gasteiger partial charge in [0.15, 0.2) is 0 Å². The number of nitrogens with zero attached hydrogens (tertiary/aromatic N) is 1. The van der Waals surface area contributed by atoms with Crippen molar-refractivity contribution in [3.8, 4) is 0 Å². The number of hydrogen-bond acceptors (Lipinski definition) is 1. The van der Waals surface area contributed by atoms with Crippen molar-refractivity contribution < 1.29 is 0 Å². The molecule has 1 aromatic rings. The van der Waals surface area contributed by atoms with E-state index in [1.54, 1.807) is 6.07 Å². The van der Waals surface area contributed by atoms with E-state index in [-0.39, 0.29) is 0 Å². The molecule has 1 rings (SSSR count). The number of rotatable bonds is 3. The SMILES string of the molecule is CCN(CC)c1cccc([NH])c1. The van der Waals surface area contributed by atoms with E-state index in [0.717, 1.165) is 18.8 Å². The first-order valence-corrected chi connectivity index (χ1v) is 4.34. The fraction of sp³-hybridized carbons (Fsp3) is 0.400. The van der Waals surface area contributed by atoms with Gasteiger partial charge in [0.2, 0.25) is 0 Å². The molecule has 0 aliphatic rings. The fourth-order valence-corrected chi connectivity index (χ4v) is 1.29. The summed E-state index contributed by atoms with van der Waals surface area (Å²) in [4.78, 5) is 2.23. The summed E-state index contributed by atoms with van der Waals surface area (Å²) in [6.07, 6.45) is 0. The van der Waals surface area contributed by atoms with Crippen LogP contribution in [0.3, 0.4) is 0 Å². The van der Waals surface area contributed by atoms with Crippen LogP contribution in [0.25, 0.3) is 0 Å². The Labute approximate surface area is 74.0 Å². The number of anilines is 1. The Bertz CT molecular complexity index is 241. The van der Waals surface area contributed by atoms with Gasteiger partial charge in [-0.15, -0.1) is 0 Å². The van der Waals surface area contributed by atoms with Crippen LogP contribution in [0.15, 0.2) is 24.3 Å². The summed E-state index contributed by atoms with van der Waals surface area (Å²) in [5.41, 5.74) is 9.18. The van der Waals surface area contributed by atoms with Crippen LogP contribution in [0.1, 0.15) is 13.8 Å². The Morgan fingerprint density at radius 2 is 1.92 bits per heavy atom. The molecule has 0 atom stereocenters. The first-order chi connectivity index (χ1) is 5.77. The normalized spacial score (nSPS) is 9.83. The zero-order chi connectivity index (χ0) is 8.97. The summed E-state index contributed by atoms with van der Waals surface area (Å²) in [6.45, 7) is 6.25. The largest absolute Gasteiger partial charge is 0.372 e. The molecular formula is C10H15N2. The van der Waals surface area contributed by atoms with Crippen LogP contribution in [0, 0.1) is 0 Å². The standard InChI is InChI=1S/C10H15N2/c1-3-12(4-2)10-7-5-6-9(11)8-10/h5-8,11H,3-4H2,1-2H3. The van der Waals surface area contributed by atoms with Crippen molar-refractivity contribution in [2.75, 3.05) is 18.0 Å². The molecule has 0 fully saturated rings. The van der Waals surface area contributed by atoms with E-state index in [4.69, 9.17) is 5.73 Å². The van der Waals surface area contributed by atoms with Gasteiger partial charge in [0.25, 0.3) is 0 Å². The smallest absolute Gasteiger partial charge is 0.0560 e. The van der Waals surface area contributed by atoms with Gasteiger partial charge in [0.1, 0.15) is 0 Å². The predicted molar refractivity (Wildman–Crippen MR) is 52.8 cm³/mol. The zero-order valence-corrected chi connectivity index (χ0v) is 7.67. The Morgan fingerprint density at radius 1 is 1.25 bits per heavy atom. The van der Waals surface area contributed by atoms with Crippen LogP contribution in [0.2, 0.25) is 0 Å². The molecule has 12 heavy (non-hydrogen) atoms. The van der Waals surface area contributed by atoms with Crippen molar-refractivity contribution in [1.82, 2.24) is 5.73 Å². The summed E-state index contributed by atoms with van der Waals surface area (Å²) in [5.74, 6) is 0. The summed E-state index contributed by atoms with van der Waals surface area (Å²) in [6, 6.07) is 7.67. The third kappa shape index (κ3) is 1.91. The minimum Gasteiger partial charge on any atom is -0.372 e. The maximum Gasteiger partial charge on any atom is 0.0560 e. The van der Waals surface area contributed by atoms with Crippen molar-refractivity contribution in [2.24, 2.45) is 0 Å². The van der Waals surface area contributed by atoms with E-state index in [1.807, 2.05) is 18.2 Å². The molecule has 0 saturated carbocycles.